The van der Waals surface area contributed by atoms with Gasteiger partial charge in [-0.05, 0) is 47.1 Å². The minimum atomic E-state index is 0. The Morgan fingerprint density at radius 3 is 2.36 bits per heavy atom. The average Bonchev–Trinajstić information content (AvgIpc) is 3.06. The van der Waals surface area contributed by atoms with Crippen LogP contribution in [0, 0.1) is 0 Å². The maximum Gasteiger partial charge on any atom is 0.408 e. The molecule has 1 aromatic heterocycles. The van der Waals surface area contributed by atoms with Crippen molar-refractivity contribution in [2.75, 3.05) is 36.5 Å². The van der Waals surface area contributed by atoms with Gasteiger partial charge in [-0.1, -0.05) is 15.9 Å². The van der Waals surface area contributed by atoms with E-state index in [2.05, 4.69) is 30.7 Å². The molecule has 0 aliphatic carbocycles. The number of aromatic nitrogens is 1. The topological polar surface area (TPSA) is 72.3 Å². The Bertz CT molecular complexity index is 631. The zero-order chi connectivity index (χ0) is 17.2. The van der Waals surface area contributed by atoms with Crippen molar-refractivity contribution in [1.29, 1.82) is 0 Å². The third-order valence-corrected chi connectivity index (χ3v) is 4.74. The highest BCUT2D eigenvalue weighted by molar-refractivity contribution is 9.09. The first-order chi connectivity index (χ1) is 11.8. The predicted molar refractivity (Wildman–Crippen MR) is 99.9 cm³/mol. The van der Waals surface area contributed by atoms with Crippen LogP contribution >= 0.6 is 27.3 Å². The number of thiazole rings is 1. The van der Waals surface area contributed by atoms with Gasteiger partial charge in [-0.25, -0.2) is 4.57 Å². The molecule has 0 saturated heterocycles. The molecule has 0 aliphatic heterocycles. The van der Waals surface area contributed by atoms with Crippen LogP contribution in [0.25, 0.3) is 0 Å². The molecule has 0 atom stereocenters. The monoisotopic (exact) mass is 492 g/mol. The van der Waals surface area contributed by atoms with Gasteiger partial charge in [0.25, 0.3) is 0 Å². The van der Waals surface area contributed by atoms with E-state index in [9.17, 15) is 0 Å². The Morgan fingerprint density at radius 2 is 1.76 bits per heavy atom. The number of aliphatic hydroxyl groups excluding tert-OH is 2. The van der Waals surface area contributed by atoms with Crippen molar-refractivity contribution in [1.82, 2.24) is 0 Å². The Balaban J connectivity index is 0.00000312. The third kappa shape index (κ3) is 7.10. The Morgan fingerprint density at radius 1 is 1.08 bits per heavy atom. The maximum absolute atomic E-state index is 9.10. The van der Waals surface area contributed by atoms with Crippen LogP contribution in [0.1, 0.15) is 6.42 Å². The van der Waals surface area contributed by atoms with Gasteiger partial charge in [0.1, 0.15) is 11.9 Å². The van der Waals surface area contributed by atoms with E-state index in [4.69, 9.17) is 10.2 Å². The number of halogens is 2. The number of nitrogens with zero attached hydrogens (tertiary/aromatic N) is 4. The first-order valence-electron chi connectivity index (χ1n) is 7.80. The van der Waals surface area contributed by atoms with Crippen molar-refractivity contribution in [3.63, 3.8) is 0 Å². The second-order valence-electron chi connectivity index (χ2n) is 5.07. The summed E-state index contributed by atoms with van der Waals surface area (Å²) in [6.45, 7) is 2.00. The fraction of sp³-hybridized carbons (Fsp3) is 0.438. The van der Waals surface area contributed by atoms with Gasteiger partial charge in [0, 0.05) is 29.5 Å². The molecule has 25 heavy (non-hydrogen) atoms. The molecule has 0 amide bonds. The molecule has 0 saturated carbocycles. The number of hydrogen-bond acceptors (Lipinski definition) is 6. The van der Waals surface area contributed by atoms with Crippen LogP contribution in [-0.2, 0) is 6.54 Å². The highest BCUT2D eigenvalue weighted by Crippen LogP contribution is 2.22. The molecule has 0 aliphatic rings. The molecule has 138 valence electrons. The van der Waals surface area contributed by atoms with Crippen molar-refractivity contribution in [2.45, 2.75) is 13.0 Å². The van der Waals surface area contributed by atoms with Gasteiger partial charge in [-0.3, -0.25) is 0 Å². The van der Waals surface area contributed by atoms with E-state index in [0.717, 1.165) is 34.8 Å². The summed E-state index contributed by atoms with van der Waals surface area (Å²) in [4.78, 5) is 1.93. The summed E-state index contributed by atoms with van der Waals surface area (Å²) in [5.74, 6) is 0. The number of aryl methyl sites for hydroxylation is 1. The Labute approximate surface area is 170 Å². The fourth-order valence-electron chi connectivity index (χ4n) is 2.22. The molecule has 6 nitrogen and oxygen atoms in total. The summed E-state index contributed by atoms with van der Waals surface area (Å²) < 4.78 is 2.09. The normalized spacial score (nSPS) is 10.8. The number of anilines is 1. The van der Waals surface area contributed by atoms with E-state index in [0.29, 0.717) is 13.1 Å². The summed E-state index contributed by atoms with van der Waals surface area (Å²) >= 11 is 5.00. The lowest BCUT2D eigenvalue weighted by Crippen LogP contribution is -3.00. The van der Waals surface area contributed by atoms with Gasteiger partial charge in [0.2, 0.25) is 0 Å². The van der Waals surface area contributed by atoms with E-state index in [-0.39, 0.29) is 30.2 Å². The lowest BCUT2D eigenvalue weighted by atomic mass is 10.2. The van der Waals surface area contributed by atoms with E-state index in [1.54, 1.807) is 11.3 Å². The van der Waals surface area contributed by atoms with Crippen LogP contribution in [0.15, 0.2) is 46.1 Å². The van der Waals surface area contributed by atoms with Crippen LogP contribution in [-0.4, -0.2) is 41.8 Å². The van der Waals surface area contributed by atoms with E-state index in [1.807, 2.05) is 40.7 Å². The smallest absolute Gasteiger partial charge is 0.408 e. The molecule has 0 fully saturated rings. The van der Waals surface area contributed by atoms with Crippen molar-refractivity contribution in [2.24, 2.45) is 10.2 Å². The summed E-state index contributed by atoms with van der Waals surface area (Å²) in [7, 11) is 0. The van der Waals surface area contributed by atoms with E-state index < -0.39 is 0 Å². The average molecular weight is 494 g/mol. The van der Waals surface area contributed by atoms with Crippen molar-refractivity contribution >= 4 is 43.8 Å². The SMILES string of the molecule is OCCN(CCO)c1ccc(N=Nc2scc[n+]2CCCBr)cc1.[Br-]. The van der Waals surface area contributed by atoms with Crippen molar-refractivity contribution < 1.29 is 31.8 Å². The molecular weight excluding hydrogens is 472 g/mol. The Hall–Kier alpha value is -0.870. The largest absolute Gasteiger partial charge is 1.00 e. The first-order valence-corrected chi connectivity index (χ1v) is 9.80. The summed E-state index contributed by atoms with van der Waals surface area (Å²) in [6.07, 6.45) is 3.07. The zero-order valence-electron chi connectivity index (χ0n) is 13.8. The summed E-state index contributed by atoms with van der Waals surface area (Å²) in [5.41, 5.74) is 1.72. The van der Waals surface area contributed by atoms with Crippen LogP contribution in [0.3, 0.4) is 0 Å². The second kappa shape index (κ2) is 12.5. The maximum atomic E-state index is 9.10. The highest BCUT2D eigenvalue weighted by atomic mass is 79.9. The Kier molecular flexibility index (Phi) is 11.1. The number of alkyl halides is 1. The molecule has 2 N–H and O–H groups in total. The molecule has 1 heterocycles. The van der Waals surface area contributed by atoms with Crippen molar-refractivity contribution in [3.8, 4) is 0 Å². The predicted octanol–water partition coefficient (Wildman–Crippen LogP) is 0.0310. The number of azo groups is 1. The number of aliphatic hydroxyl groups is 2. The number of rotatable bonds is 10. The minimum absolute atomic E-state index is 0. The molecule has 2 rings (SSSR count). The third-order valence-electron chi connectivity index (χ3n) is 3.40. The van der Waals surface area contributed by atoms with Crippen LogP contribution in [0.4, 0.5) is 16.5 Å². The van der Waals surface area contributed by atoms with Crippen LogP contribution < -0.4 is 26.4 Å². The standard InChI is InChI=1S/C16H22BrN4O2S.BrH/c17-6-1-7-21-10-13-24-16(21)19-18-14-2-4-15(5-3-14)20(8-11-22)9-12-23;/h2-5,10,13,22-23H,1,6-9,11-12H2;1H/q+1;/p-1. The zero-order valence-corrected chi connectivity index (χ0v) is 17.7. The highest BCUT2D eigenvalue weighted by Gasteiger charge is 2.11. The summed E-state index contributed by atoms with van der Waals surface area (Å²) in [6, 6.07) is 7.62. The second-order valence-corrected chi connectivity index (χ2v) is 6.74. The molecule has 2 aromatic rings. The minimum Gasteiger partial charge on any atom is -1.00 e. The van der Waals surface area contributed by atoms with Crippen molar-refractivity contribution in [3.05, 3.63) is 35.8 Å². The molecule has 0 unspecified atom stereocenters. The molecule has 9 heteroatoms. The molecular formula is C16H22Br2N4O2S. The van der Waals surface area contributed by atoms with Gasteiger partial charge < -0.3 is 32.1 Å². The molecule has 0 spiro atoms. The van der Waals surface area contributed by atoms with Gasteiger partial charge >= 0.3 is 5.13 Å². The lowest BCUT2D eigenvalue weighted by molar-refractivity contribution is -0.680. The van der Waals surface area contributed by atoms with Gasteiger partial charge in [0.05, 0.1) is 24.9 Å². The first kappa shape index (κ1) is 22.2. The van der Waals surface area contributed by atoms with Gasteiger partial charge in [-0.2, -0.15) is 0 Å². The fourth-order valence-corrected chi connectivity index (χ4v) is 3.18. The number of benzene rings is 1. The van der Waals surface area contributed by atoms with E-state index in [1.165, 1.54) is 0 Å². The van der Waals surface area contributed by atoms with Crippen LogP contribution in [0.5, 0.6) is 0 Å². The quantitative estimate of drug-likeness (QED) is 0.278. The molecule has 0 radical (unpaired) electrons. The van der Waals surface area contributed by atoms with Crippen LogP contribution in [0.2, 0.25) is 0 Å². The molecule has 1 aromatic carbocycles. The number of hydrogen-bond donors (Lipinski definition) is 2. The summed E-state index contributed by atoms with van der Waals surface area (Å²) in [5, 5.41) is 30.7. The molecule has 0 bridgehead atoms. The van der Waals surface area contributed by atoms with E-state index >= 15 is 0 Å². The van der Waals surface area contributed by atoms with Gasteiger partial charge in [0.15, 0.2) is 0 Å². The van der Waals surface area contributed by atoms with Gasteiger partial charge in [-0.15, -0.1) is 0 Å². The lowest BCUT2D eigenvalue weighted by Gasteiger charge is -2.22.